The summed E-state index contributed by atoms with van der Waals surface area (Å²) in [5.74, 6) is 0. The summed E-state index contributed by atoms with van der Waals surface area (Å²) in [6.07, 6.45) is 11.2. The topological polar surface area (TPSA) is 18.5 Å². The first-order chi connectivity index (χ1) is 11.3. The number of piperazine rings is 1. The predicted molar refractivity (Wildman–Crippen MR) is 101 cm³/mol. The van der Waals surface area contributed by atoms with Gasteiger partial charge in [0.2, 0.25) is 0 Å². The van der Waals surface area contributed by atoms with Crippen molar-refractivity contribution in [3.8, 4) is 0 Å². The van der Waals surface area contributed by atoms with Crippen LogP contribution in [0.25, 0.3) is 0 Å². The fourth-order valence-electron chi connectivity index (χ4n) is 2.91. The molecule has 1 fully saturated rings. The van der Waals surface area contributed by atoms with Crippen LogP contribution in [0.5, 0.6) is 0 Å². The van der Waals surface area contributed by atoms with E-state index in [1.165, 1.54) is 5.69 Å². The maximum atomic E-state index is 3.67. The Bertz CT molecular complexity index is 507. The third-order valence-electron chi connectivity index (χ3n) is 4.14. The Morgan fingerprint density at radius 1 is 1.26 bits per heavy atom. The van der Waals surface area contributed by atoms with Crippen molar-refractivity contribution in [2.45, 2.75) is 12.5 Å². The minimum atomic E-state index is 0.526. The molecule has 2 rings (SSSR count). The van der Waals surface area contributed by atoms with E-state index in [1.807, 2.05) is 12.2 Å². The molecule has 3 heteroatoms. The molecule has 23 heavy (non-hydrogen) atoms. The first kappa shape index (κ1) is 17.5. The molecule has 0 amide bonds. The number of benzene rings is 1. The highest BCUT2D eigenvalue weighted by atomic mass is 15.2. The lowest BCUT2D eigenvalue weighted by atomic mass is 10.1. The predicted octanol–water partition coefficient (Wildman–Crippen LogP) is 3.09. The van der Waals surface area contributed by atoms with Crippen molar-refractivity contribution in [1.82, 2.24) is 10.2 Å². The molecular weight excluding hydrogens is 282 g/mol. The van der Waals surface area contributed by atoms with Gasteiger partial charge in [-0.05, 0) is 18.6 Å². The van der Waals surface area contributed by atoms with Gasteiger partial charge in [0.1, 0.15) is 0 Å². The van der Waals surface area contributed by atoms with E-state index < -0.39 is 0 Å². The average Bonchev–Trinajstić information content (AvgIpc) is 2.59. The Morgan fingerprint density at radius 3 is 2.87 bits per heavy atom. The van der Waals surface area contributed by atoms with E-state index >= 15 is 0 Å². The molecule has 0 spiro atoms. The second-order valence-electron chi connectivity index (χ2n) is 6.01. The van der Waals surface area contributed by atoms with E-state index in [1.54, 1.807) is 6.08 Å². The van der Waals surface area contributed by atoms with Gasteiger partial charge in [0.15, 0.2) is 0 Å². The molecule has 1 unspecified atom stereocenters. The van der Waals surface area contributed by atoms with Gasteiger partial charge in [-0.3, -0.25) is 0 Å². The number of nitrogens with one attached hydrogen (secondary N) is 1. The van der Waals surface area contributed by atoms with Gasteiger partial charge in [0.05, 0.1) is 0 Å². The van der Waals surface area contributed by atoms with Crippen LogP contribution in [-0.4, -0.2) is 50.7 Å². The third-order valence-corrected chi connectivity index (χ3v) is 4.14. The van der Waals surface area contributed by atoms with E-state index in [0.717, 1.165) is 39.1 Å². The van der Waals surface area contributed by atoms with Gasteiger partial charge in [0, 0.05) is 51.5 Å². The molecule has 3 nitrogen and oxygen atoms in total. The number of allylic oxidation sites excluding steroid dienone is 4. The van der Waals surface area contributed by atoms with Crippen LogP contribution in [0.4, 0.5) is 5.69 Å². The van der Waals surface area contributed by atoms with Gasteiger partial charge in [-0.25, -0.2) is 0 Å². The fourth-order valence-corrected chi connectivity index (χ4v) is 2.91. The highest BCUT2D eigenvalue weighted by Gasteiger charge is 2.19. The molecule has 0 bridgehead atoms. The Hall–Kier alpha value is -1.84. The van der Waals surface area contributed by atoms with Crippen LogP contribution in [0.2, 0.25) is 0 Å². The van der Waals surface area contributed by atoms with Crippen LogP contribution in [0.1, 0.15) is 6.42 Å². The van der Waals surface area contributed by atoms with Gasteiger partial charge in [-0.15, -0.1) is 0 Å². The summed E-state index contributed by atoms with van der Waals surface area (Å²) in [6.45, 7) is 9.17. The molecule has 1 saturated heterocycles. The Morgan fingerprint density at radius 2 is 2.09 bits per heavy atom. The molecule has 1 aliphatic rings. The zero-order valence-corrected chi connectivity index (χ0v) is 14.2. The Balaban J connectivity index is 1.73. The van der Waals surface area contributed by atoms with Gasteiger partial charge < -0.3 is 15.1 Å². The summed E-state index contributed by atoms with van der Waals surface area (Å²) in [6, 6.07) is 11.1. The van der Waals surface area contributed by atoms with Crippen LogP contribution in [0.3, 0.4) is 0 Å². The van der Waals surface area contributed by atoms with Gasteiger partial charge in [-0.1, -0.05) is 55.2 Å². The zero-order chi connectivity index (χ0) is 16.3. The number of nitrogens with zero attached hydrogens (tertiary/aromatic N) is 2. The van der Waals surface area contributed by atoms with Crippen LogP contribution >= 0.6 is 0 Å². The molecule has 1 heterocycles. The quantitative estimate of drug-likeness (QED) is 0.744. The summed E-state index contributed by atoms with van der Waals surface area (Å²) in [4.78, 5) is 4.89. The molecule has 1 aromatic carbocycles. The van der Waals surface area contributed by atoms with Gasteiger partial charge in [0.25, 0.3) is 0 Å². The summed E-state index contributed by atoms with van der Waals surface area (Å²) >= 11 is 0. The first-order valence-corrected chi connectivity index (χ1v) is 8.45. The highest BCUT2D eigenvalue weighted by Crippen LogP contribution is 2.12. The molecule has 0 saturated carbocycles. The molecule has 0 aromatic heterocycles. The summed E-state index contributed by atoms with van der Waals surface area (Å²) < 4.78 is 0. The van der Waals surface area contributed by atoms with Crippen molar-refractivity contribution >= 4 is 5.69 Å². The van der Waals surface area contributed by atoms with Crippen LogP contribution in [0, 0.1) is 0 Å². The molecule has 0 radical (unpaired) electrons. The molecule has 124 valence electrons. The second kappa shape index (κ2) is 10.0. The number of anilines is 1. The molecule has 1 atom stereocenters. The van der Waals surface area contributed by atoms with Crippen molar-refractivity contribution in [3.63, 3.8) is 0 Å². The normalized spacial score (nSPS) is 19.4. The molecular formula is C20H29N3. The summed E-state index contributed by atoms with van der Waals surface area (Å²) in [5.41, 5.74) is 1.28. The van der Waals surface area contributed by atoms with E-state index in [0.29, 0.717) is 6.04 Å². The number of hydrogen-bond acceptors (Lipinski definition) is 3. The fraction of sp³-hybridized carbons (Fsp3) is 0.400. The largest absolute Gasteiger partial charge is 0.373 e. The first-order valence-electron chi connectivity index (χ1n) is 8.45. The second-order valence-corrected chi connectivity index (χ2v) is 6.01. The average molecular weight is 311 g/mol. The number of para-hydroxylation sites is 1. The maximum Gasteiger partial charge on any atom is 0.0371 e. The Labute approximate surface area is 141 Å². The van der Waals surface area contributed by atoms with Crippen molar-refractivity contribution in [2.24, 2.45) is 0 Å². The van der Waals surface area contributed by atoms with Crippen LogP contribution in [-0.2, 0) is 0 Å². The van der Waals surface area contributed by atoms with Crippen molar-refractivity contribution in [1.29, 1.82) is 0 Å². The van der Waals surface area contributed by atoms with Crippen molar-refractivity contribution in [2.75, 3.05) is 44.7 Å². The van der Waals surface area contributed by atoms with Crippen LogP contribution < -0.4 is 10.2 Å². The standard InChI is InChI=1S/C20H29N3/c1-3-4-5-6-7-11-15-23-16-14-21-19(18-23)17-22(2)20-12-9-8-10-13-20/h3-10,12-13,19,21H,1,11,14-18H2,2H3/b5-4-,7-6-. The minimum Gasteiger partial charge on any atom is -0.373 e. The number of rotatable bonds is 8. The van der Waals surface area contributed by atoms with Crippen molar-refractivity contribution in [3.05, 3.63) is 67.3 Å². The van der Waals surface area contributed by atoms with Crippen LogP contribution in [0.15, 0.2) is 67.3 Å². The lowest BCUT2D eigenvalue weighted by Gasteiger charge is -2.36. The van der Waals surface area contributed by atoms with E-state index in [-0.39, 0.29) is 0 Å². The Kier molecular flexibility index (Phi) is 7.64. The summed E-state index contributed by atoms with van der Waals surface area (Å²) in [5, 5.41) is 3.64. The number of likely N-dealkylation sites (N-methyl/N-ethyl adjacent to an activating group) is 1. The summed E-state index contributed by atoms with van der Waals surface area (Å²) in [7, 11) is 2.17. The molecule has 1 N–H and O–H groups in total. The van der Waals surface area contributed by atoms with E-state index in [9.17, 15) is 0 Å². The minimum absolute atomic E-state index is 0.526. The lowest BCUT2D eigenvalue weighted by Crippen LogP contribution is -2.54. The smallest absolute Gasteiger partial charge is 0.0371 e. The van der Waals surface area contributed by atoms with Gasteiger partial charge >= 0.3 is 0 Å². The SMILES string of the molecule is C=C/C=C\C=C/CCN1CCNC(CN(C)c2ccccc2)C1. The lowest BCUT2D eigenvalue weighted by molar-refractivity contribution is 0.205. The monoisotopic (exact) mass is 311 g/mol. The third kappa shape index (κ3) is 6.43. The van der Waals surface area contributed by atoms with E-state index in [2.05, 4.69) is 71.2 Å². The molecule has 1 aromatic rings. The van der Waals surface area contributed by atoms with Gasteiger partial charge in [-0.2, -0.15) is 0 Å². The molecule has 0 aliphatic carbocycles. The van der Waals surface area contributed by atoms with Crippen molar-refractivity contribution < 1.29 is 0 Å². The molecule has 1 aliphatic heterocycles. The zero-order valence-electron chi connectivity index (χ0n) is 14.2. The highest BCUT2D eigenvalue weighted by molar-refractivity contribution is 5.45. The number of hydrogen-bond donors (Lipinski definition) is 1. The maximum absolute atomic E-state index is 3.67. The van der Waals surface area contributed by atoms with E-state index in [4.69, 9.17) is 0 Å².